The fraction of sp³-hybridized carbons (Fsp3) is 0.812. The molecule has 0 heterocycles. The molecule has 0 spiro atoms. The second kappa shape index (κ2) is 10.3. The number of carbonyl (C=O) groups excluding carboxylic acids is 2. The van der Waals surface area contributed by atoms with Gasteiger partial charge < -0.3 is 38.7 Å². The first-order valence-electron chi connectivity index (χ1n) is 8.96. The molecule has 5 atom stereocenters. The van der Waals surface area contributed by atoms with E-state index in [2.05, 4.69) is 15.6 Å². The molecular weight excluding hydrogens is 338 g/mol. The molecule has 0 aliphatic heterocycles. The maximum absolute atomic E-state index is 12.7. The first-order chi connectivity index (χ1) is 12.1. The van der Waals surface area contributed by atoms with E-state index < -0.39 is 24.1 Å². The molecule has 0 saturated heterocycles. The number of aliphatic hydroxyl groups is 1. The third-order valence-electron chi connectivity index (χ3n) is 4.42. The molecular formula is C16H33N7O3. The lowest BCUT2D eigenvalue weighted by Gasteiger charge is -2.41. The second-order valence-electron chi connectivity index (χ2n) is 7.26. The lowest BCUT2D eigenvalue weighted by molar-refractivity contribution is -0.129. The number of primary amides is 1. The molecule has 0 aromatic carbocycles. The molecule has 1 aliphatic carbocycles. The Balaban J connectivity index is 2.69. The Kier molecular flexibility index (Phi) is 8.76. The van der Waals surface area contributed by atoms with Crippen LogP contribution in [0.1, 0.15) is 39.5 Å². The summed E-state index contributed by atoms with van der Waals surface area (Å²) in [6.45, 7) is 4.27. The fourth-order valence-corrected chi connectivity index (χ4v) is 2.88. The van der Waals surface area contributed by atoms with Gasteiger partial charge in [0.2, 0.25) is 11.8 Å². The molecule has 150 valence electrons. The summed E-state index contributed by atoms with van der Waals surface area (Å²) in [6, 6.07) is -1.90. The summed E-state index contributed by atoms with van der Waals surface area (Å²) in [7, 11) is 0. The minimum atomic E-state index is -0.738. The number of hydrogen-bond acceptors (Lipinski definition) is 6. The minimum absolute atomic E-state index is 0.00919. The first-order valence-corrected chi connectivity index (χ1v) is 8.96. The van der Waals surface area contributed by atoms with Gasteiger partial charge in [-0.3, -0.25) is 14.6 Å². The number of aliphatic hydroxyl groups excluding tert-OH is 1. The van der Waals surface area contributed by atoms with Crippen LogP contribution in [0.5, 0.6) is 0 Å². The molecule has 3 unspecified atom stereocenters. The number of aliphatic imine (C=N–C) groups is 1. The standard InChI is InChI=1S/C16H33N7O3/c1-8(2)6-12(14(18)25)23-15(26)10(4-3-5-21-16(19)20)22-11-7-9(17)13(11)24/h8-13,22,24H,3-7,17H2,1-2H3,(H2,18,25)(H,23,26)(H4,19,20,21)/t9?,10-,11?,12?,13-/m1/s1. The van der Waals surface area contributed by atoms with Crippen molar-refractivity contribution in [2.24, 2.45) is 33.8 Å². The predicted octanol–water partition coefficient (Wildman–Crippen LogP) is -2.53. The third-order valence-corrected chi connectivity index (χ3v) is 4.42. The van der Waals surface area contributed by atoms with Gasteiger partial charge in [-0.25, -0.2) is 0 Å². The molecule has 0 radical (unpaired) electrons. The van der Waals surface area contributed by atoms with Gasteiger partial charge in [-0.1, -0.05) is 13.8 Å². The summed E-state index contributed by atoms with van der Waals surface area (Å²) >= 11 is 0. The first kappa shape index (κ1) is 22.1. The summed E-state index contributed by atoms with van der Waals surface area (Å²) in [5.41, 5.74) is 21.7. The predicted molar refractivity (Wildman–Crippen MR) is 99.8 cm³/mol. The molecule has 26 heavy (non-hydrogen) atoms. The van der Waals surface area contributed by atoms with Gasteiger partial charge in [0, 0.05) is 18.6 Å². The van der Waals surface area contributed by atoms with Crippen molar-refractivity contribution in [1.82, 2.24) is 10.6 Å². The maximum Gasteiger partial charge on any atom is 0.240 e. The number of carbonyl (C=O) groups is 2. The fourth-order valence-electron chi connectivity index (χ4n) is 2.88. The quantitative estimate of drug-likeness (QED) is 0.118. The monoisotopic (exact) mass is 371 g/mol. The summed E-state index contributed by atoms with van der Waals surface area (Å²) in [5, 5.41) is 15.7. The van der Waals surface area contributed by atoms with Crippen LogP contribution < -0.4 is 33.6 Å². The van der Waals surface area contributed by atoms with Gasteiger partial charge in [-0.2, -0.15) is 0 Å². The molecule has 1 rings (SSSR count). The molecule has 1 aliphatic rings. The zero-order valence-electron chi connectivity index (χ0n) is 15.5. The van der Waals surface area contributed by atoms with Crippen LogP contribution in [0.25, 0.3) is 0 Å². The Morgan fingerprint density at radius 3 is 2.35 bits per heavy atom. The maximum atomic E-state index is 12.7. The van der Waals surface area contributed by atoms with Crippen LogP contribution in [0.3, 0.4) is 0 Å². The van der Waals surface area contributed by atoms with Crippen molar-refractivity contribution in [3.05, 3.63) is 0 Å². The third kappa shape index (κ3) is 7.14. The van der Waals surface area contributed by atoms with E-state index in [0.29, 0.717) is 32.2 Å². The highest BCUT2D eigenvalue weighted by atomic mass is 16.3. The topological polar surface area (TPSA) is 195 Å². The normalized spacial score (nSPS) is 24.4. The van der Waals surface area contributed by atoms with Gasteiger partial charge in [0.25, 0.3) is 0 Å². The Hall–Kier alpha value is -1.91. The number of rotatable bonds is 11. The molecule has 1 fully saturated rings. The van der Waals surface area contributed by atoms with E-state index in [0.717, 1.165) is 0 Å². The highest BCUT2D eigenvalue weighted by Crippen LogP contribution is 2.20. The van der Waals surface area contributed by atoms with E-state index in [1.165, 1.54) is 0 Å². The Bertz CT molecular complexity index is 508. The second-order valence-corrected chi connectivity index (χ2v) is 7.26. The lowest BCUT2D eigenvalue weighted by Crippen LogP contribution is -2.65. The van der Waals surface area contributed by atoms with Crippen LogP contribution in [0, 0.1) is 5.92 Å². The van der Waals surface area contributed by atoms with Crippen molar-refractivity contribution in [3.8, 4) is 0 Å². The Morgan fingerprint density at radius 1 is 1.23 bits per heavy atom. The zero-order valence-corrected chi connectivity index (χ0v) is 15.5. The van der Waals surface area contributed by atoms with Crippen molar-refractivity contribution < 1.29 is 14.7 Å². The van der Waals surface area contributed by atoms with Crippen LogP contribution in [0.4, 0.5) is 0 Å². The molecule has 1 saturated carbocycles. The van der Waals surface area contributed by atoms with Crippen LogP contribution >= 0.6 is 0 Å². The molecule has 0 aromatic rings. The summed E-state index contributed by atoms with van der Waals surface area (Å²) in [6.07, 6.45) is 1.32. The summed E-state index contributed by atoms with van der Waals surface area (Å²) < 4.78 is 0. The van der Waals surface area contributed by atoms with E-state index in [9.17, 15) is 14.7 Å². The number of nitrogens with two attached hydrogens (primary N) is 4. The van der Waals surface area contributed by atoms with Crippen LogP contribution in [0.2, 0.25) is 0 Å². The van der Waals surface area contributed by atoms with Gasteiger partial charge in [0.05, 0.1) is 12.1 Å². The van der Waals surface area contributed by atoms with Gasteiger partial charge in [-0.15, -0.1) is 0 Å². The van der Waals surface area contributed by atoms with Crippen molar-refractivity contribution in [2.45, 2.75) is 69.8 Å². The largest absolute Gasteiger partial charge is 0.390 e. The van der Waals surface area contributed by atoms with Gasteiger partial charge >= 0.3 is 0 Å². The van der Waals surface area contributed by atoms with Gasteiger partial charge in [0.1, 0.15) is 6.04 Å². The number of guanidine groups is 1. The summed E-state index contributed by atoms with van der Waals surface area (Å²) in [4.78, 5) is 28.1. The number of amides is 2. The Labute approximate surface area is 154 Å². The van der Waals surface area contributed by atoms with Gasteiger partial charge in [0.15, 0.2) is 5.96 Å². The van der Waals surface area contributed by atoms with Gasteiger partial charge in [-0.05, 0) is 31.6 Å². The van der Waals surface area contributed by atoms with Crippen molar-refractivity contribution >= 4 is 17.8 Å². The molecule has 10 nitrogen and oxygen atoms in total. The minimum Gasteiger partial charge on any atom is -0.390 e. The van der Waals surface area contributed by atoms with Crippen LogP contribution in [-0.4, -0.2) is 59.7 Å². The lowest BCUT2D eigenvalue weighted by atomic mass is 9.83. The van der Waals surface area contributed by atoms with E-state index in [4.69, 9.17) is 22.9 Å². The average Bonchev–Trinajstić information content (AvgIpc) is 2.54. The van der Waals surface area contributed by atoms with Crippen LogP contribution in [-0.2, 0) is 9.59 Å². The van der Waals surface area contributed by atoms with E-state index in [1.54, 1.807) is 0 Å². The van der Waals surface area contributed by atoms with Crippen molar-refractivity contribution in [2.75, 3.05) is 6.54 Å². The number of nitrogens with zero attached hydrogens (tertiary/aromatic N) is 1. The SMILES string of the molecule is CC(C)CC(NC(=O)[C@@H](CCCN=C(N)N)NC1CC(N)[C@H]1O)C(N)=O. The smallest absolute Gasteiger partial charge is 0.240 e. The zero-order chi connectivity index (χ0) is 19.9. The van der Waals surface area contributed by atoms with Crippen molar-refractivity contribution in [1.29, 1.82) is 0 Å². The van der Waals surface area contributed by atoms with Crippen LogP contribution in [0.15, 0.2) is 4.99 Å². The number of nitrogens with one attached hydrogen (secondary N) is 2. The molecule has 11 N–H and O–H groups in total. The number of hydrogen-bond donors (Lipinski definition) is 7. The van der Waals surface area contributed by atoms with E-state index in [1.807, 2.05) is 13.8 Å². The molecule has 0 aromatic heterocycles. The molecule has 10 heteroatoms. The highest BCUT2D eigenvalue weighted by molar-refractivity contribution is 5.89. The highest BCUT2D eigenvalue weighted by Gasteiger charge is 2.39. The van der Waals surface area contributed by atoms with E-state index >= 15 is 0 Å². The Morgan fingerprint density at radius 2 is 1.88 bits per heavy atom. The average molecular weight is 371 g/mol. The summed E-state index contributed by atoms with van der Waals surface area (Å²) in [5.74, 6) is -0.721. The van der Waals surface area contributed by atoms with Crippen molar-refractivity contribution in [3.63, 3.8) is 0 Å². The molecule has 0 bridgehead atoms. The van der Waals surface area contributed by atoms with E-state index in [-0.39, 0.29) is 29.9 Å². The molecule has 2 amide bonds.